The van der Waals surface area contributed by atoms with Crippen molar-refractivity contribution in [2.24, 2.45) is 11.3 Å². The SMILES string of the molecule is CC(CCC(C(=O)O)C(=O)O)(C(=O)O)C(=O)O. The first-order valence-corrected chi connectivity index (χ1v) is 4.55. The van der Waals surface area contributed by atoms with Crippen molar-refractivity contribution in [2.45, 2.75) is 19.8 Å². The summed E-state index contributed by atoms with van der Waals surface area (Å²) in [5.41, 5.74) is -2.19. The van der Waals surface area contributed by atoms with E-state index in [2.05, 4.69) is 0 Å². The van der Waals surface area contributed by atoms with Crippen LogP contribution in [0.15, 0.2) is 0 Å². The minimum atomic E-state index is -2.19. The molecule has 0 saturated carbocycles. The maximum Gasteiger partial charge on any atom is 0.320 e. The topological polar surface area (TPSA) is 149 Å². The molecule has 8 nitrogen and oxygen atoms in total. The van der Waals surface area contributed by atoms with Gasteiger partial charge in [-0.15, -0.1) is 0 Å². The lowest BCUT2D eigenvalue weighted by Gasteiger charge is -2.20. The van der Waals surface area contributed by atoms with Crippen LogP contribution < -0.4 is 0 Å². The van der Waals surface area contributed by atoms with Crippen LogP contribution in [0, 0.1) is 11.3 Å². The van der Waals surface area contributed by atoms with Gasteiger partial charge in [-0.1, -0.05) is 0 Å². The highest BCUT2D eigenvalue weighted by molar-refractivity contribution is 5.98. The van der Waals surface area contributed by atoms with Gasteiger partial charge in [-0.2, -0.15) is 0 Å². The zero-order valence-electron chi connectivity index (χ0n) is 8.91. The first kappa shape index (κ1) is 14.9. The van der Waals surface area contributed by atoms with E-state index in [1.165, 1.54) is 0 Å². The molecule has 0 aromatic heterocycles. The zero-order chi connectivity index (χ0) is 13.8. The molecule has 17 heavy (non-hydrogen) atoms. The van der Waals surface area contributed by atoms with Crippen LogP contribution in [-0.4, -0.2) is 44.3 Å². The highest BCUT2D eigenvalue weighted by Crippen LogP contribution is 2.26. The third-order valence-electron chi connectivity index (χ3n) is 2.47. The molecule has 0 radical (unpaired) electrons. The minimum Gasteiger partial charge on any atom is -0.481 e. The van der Waals surface area contributed by atoms with Crippen molar-refractivity contribution in [3.05, 3.63) is 0 Å². The molecule has 0 aliphatic rings. The third kappa shape index (κ3) is 3.44. The molecule has 0 saturated heterocycles. The Hall–Kier alpha value is -2.12. The third-order valence-corrected chi connectivity index (χ3v) is 2.47. The van der Waals surface area contributed by atoms with Gasteiger partial charge in [0.2, 0.25) is 0 Å². The van der Waals surface area contributed by atoms with Crippen molar-refractivity contribution >= 4 is 23.9 Å². The van der Waals surface area contributed by atoms with Gasteiger partial charge in [-0.3, -0.25) is 19.2 Å². The maximum atomic E-state index is 10.7. The second kappa shape index (κ2) is 5.28. The molecule has 0 rings (SSSR count). The maximum absolute atomic E-state index is 10.7. The standard InChI is InChI=1S/C9H12O8/c1-9(7(14)15,8(16)17)3-2-4(5(10)11)6(12)13/h4H,2-3H2,1H3,(H,10,11)(H,12,13)(H,14,15)(H,16,17). The highest BCUT2D eigenvalue weighted by Gasteiger charge is 2.43. The Bertz CT molecular complexity index is 330. The Labute approximate surface area is 95.5 Å². The summed E-state index contributed by atoms with van der Waals surface area (Å²) >= 11 is 0. The molecule has 0 aromatic carbocycles. The van der Waals surface area contributed by atoms with E-state index in [0.29, 0.717) is 0 Å². The van der Waals surface area contributed by atoms with Gasteiger partial charge >= 0.3 is 23.9 Å². The van der Waals surface area contributed by atoms with Crippen LogP contribution in [0.25, 0.3) is 0 Å². The Morgan fingerprint density at radius 2 is 1.29 bits per heavy atom. The Morgan fingerprint density at radius 3 is 1.53 bits per heavy atom. The van der Waals surface area contributed by atoms with E-state index < -0.39 is 48.1 Å². The van der Waals surface area contributed by atoms with Crippen molar-refractivity contribution in [1.29, 1.82) is 0 Å². The van der Waals surface area contributed by atoms with Crippen molar-refractivity contribution in [2.75, 3.05) is 0 Å². The average Bonchev–Trinajstić information content (AvgIpc) is 2.15. The predicted molar refractivity (Wildman–Crippen MR) is 51.4 cm³/mol. The van der Waals surface area contributed by atoms with Crippen LogP contribution in [0.4, 0.5) is 0 Å². The second-order valence-corrected chi connectivity index (χ2v) is 3.71. The lowest BCUT2D eigenvalue weighted by Crippen LogP contribution is -2.38. The highest BCUT2D eigenvalue weighted by atomic mass is 16.4. The number of rotatable bonds is 7. The number of carboxylic acid groups (broad SMARTS) is 4. The Morgan fingerprint density at radius 1 is 0.941 bits per heavy atom. The number of aliphatic carboxylic acids is 4. The normalized spacial score (nSPS) is 11.2. The predicted octanol–water partition coefficient (Wildman–Crippen LogP) is -0.273. The number of carboxylic acids is 4. The molecule has 8 heteroatoms. The van der Waals surface area contributed by atoms with Crippen LogP contribution >= 0.6 is 0 Å². The van der Waals surface area contributed by atoms with Gasteiger partial charge in [0, 0.05) is 0 Å². The summed E-state index contributed by atoms with van der Waals surface area (Å²) < 4.78 is 0. The van der Waals surface area contributed by atoms with Crippen molar-refractivity contribution in [3.8, 4) is 0 Å². The summed E-state index contributed by atoms with van der Waals surface area (Å²) in [4.78, 5) is 42.5. The molecule has 0 aliphatic heterocycles. The fourth-order valence-corrected chi connectivity index (χ4v) is 1.09. The van der Waals surface area contributed by atoms with Gasteiger partial charge in [-0.25, -0.2) is 0 Å². The molecule has 0 aliphatic carbocycles. The van der Waals surface area contributed by atoms with Gasteiger partial charge in [0.05, 0.1) is 0 Å². The molecule has 96 valence electrons. The minimum absolute atomic E-state index is 0.570. The molecule has 0 fully saturated rings. The van der Waals surface area contributed by atoms with E-state index in [-0.39, 0.29) is 0 Å². The lowest BCUT2D eigenvalue weighted by atomic mass is 9.83. The summed E-state index contributed by atoms with van der Waals surface area (Å²) in [5, 5.41) is 34.5. The summed E-state index contributed by atoms with van der Waals surface area (Å²) in [6.07, 6.45) is -1.15. The van der Waals surface area contributed by atoms with Crippen LogP contribution in [0.3, 0.4) is 0 Å². The van der Waals surface area contributed by atoms with Crippen molar-refractivity contribution in [3.63, 3.8) is 0 Å². The van der Waals surface area contributed by atoms with E-state index in [1.54, 1.807) is 0 Å². The molecule has 4 N–H and O–H groups in total. The second-order valence-electron chi connectivity index (χ2n) is 3.71. The van der Waals surface area contributed by atoms with Crippen LogP contribution in [0.5, 0.6) is 0 Å². The zero-order valence-corrected chi connectivity index (χ0v) is 8.91. The van der Waals surface area contributed by atoms with Crippen LogP contribution in [0.2, 0.25) is 0 Å². The molecule has 0 atom stereocenters. The molecular formula is C9H12O8. The van der Waals surface area contributed by atoms with Crippen molar-refractivity contribution < 1.29 is 39.6 Å². The summed E-state index contributed by atoms with van der Waals surface area (Å²) in [5.74, 6) is -8.35. The van der Waals surface area contributed by atoms with E-state index >= 15 is 0 Å². The fraction of sp³-hybridized carbons (Fsp3) is 0.556. The van der Waals surface area contributed by atoms with Gasteiger partial charge in [0.1, 0.15) is 0 Å². The fourth-order valence-electron chi connectivity index (χ4n) is 1.09. The monoisotopic (exact) mass is 248 g/mol. The first-order valence-electron chi connectivity index (χ1n) is 4.55. The molecule has 0 unspecified atom stereocenters. The molecule has 0 aromatic rings. The first-order chi connectivity index (χ1) is 7.62. The Kier molecular flexibility index (Phi) is 4.62. The quantitative estimate of drug-likeness (QED) is 0.449. The summed E-state index contributed by atoms with van der Waals surface area (Å²) in [6.45, 7) is 0.901. The molecule has 0 spiro atoms. The Balaban J connectivity index is 4.83. The number of hydrogen-bond donors (Lipinski definition) is 4. The lowest BCUT2D eigenvalue weighted by molar-refractivity contribution is -0.166. The summed E-state index contributed by atoms with van der Waals surface area (Å²) in [7, 11) is 0. The molecule has 0 heterocycles. The molecular weight excluding hydrogens is 236 g/mol. The smallest absolute Gasteiger partial charge is 0.320 e. The number of carbonyl (C=O) groups is 4. The van der Waals surface area contributed by atoms with Crippen LogP contribution in [0.1, 0.15) is 19.8 Å². The van der Waals surface area contributed by atoms with Gasteiger partial charge in [0.15, 0.2) is 11.3 Å². The van der Waals surface area contributed by atoms with E-state index in [1.807, 2.05) is 0 Å². The van der Waals surface area contributed by atoms with E-state index in [9.17, 15) is 19.2 Å². The van der Waals surface area contributed by atoms with E-state index in [4.69, 9.17) is 20.4 Å². The number of hydrogen-bond acceptors (Lipinski definition) is 4. The van der Waals surface area contributed by atoms with Gasteiger partial charge < -0.3 is 20.4 Å². The summed E-state index contributed by atoms with van der Waals surface area (Å²) in [6, 6.07) is 0. The van der Waals surface area contributed by atoms with E-state index in [0.717, 1.165) is 6.92 Å². The van der Waals surface area contributed by atoms with Gasteiger partial charge in [0.25, 0.3) is 0 Å². The van der Waals surface area contributed by atoms with Crippen LogP contribution in [-0.2, 0) is 19.2 Å². The van der Waals surface area contributed by atoms with Crippen molar-refractivity contribution in [1.82, 2.24) is 0 Å². The average molecular weight is 248 g/mol. The molecule has 0 amide bonds. The molecule has 0 bridgehead atoms. The van der Waals surface area contributed by atoms with Gasteiger partial charge in [-0.05, 0) is 19.8 Å². The largest absolute Gasteiger partial charge is 0.481 e.